The number of ether oxygens (including phenoxy) is 2. The molecule has 42 heavy (non-hydrogen) atoms. The average molecular weight is 572 g/mol. The molecule has 3 aliphatic rings. The Morgan fingerprint density at radius 1 is 1.17 bits per heavy atom. The summed E-state index contributed by atoms with van der Waals surface area (Å²) in [6.07, 6.45) is 4.50. The van der Waals surface area contributed by atoms with E-state index in [0.717, 1.165) is 72.5 Å². The van der Waals surface area contributed by atoms with Crippen molar-refractivity contribution < 1.29 is 19.1 Å². The third-order valence-electron chi connectivity index (χ3n) is 9.18. The molecule has 11 nitrogen and oxygen atoms in total. The summed E-state index contributed by atoms with van der Waals surface area (Å²) in [7, 11) is 1.62. The third-order valence-corrected chi connectivity index (χ3v) is 9.18. The number of pyridine rings is 2. The molecule has 2 fully saturated rings. The van der Waals surface area contributed by atoms with E-state index in [4.69, 9.17) is 25.2 Å². The summed E-state index contributed by atoms with van der Waals surface area (Å²) in [5.41, 5.74) is 11.9. The largest absolute Gasteiger partial charge is 0.482 e. The summed E-state index contributed by atoms with van der Waals surface area (Å²) >= 11 is 0. The minimum absolute atomic E-state index is 0.00918. The number of carbonyl (C=O) groups excluding carboxylic acids is 2. The number of nitrogens with two attached hydrogens (primary N) is 1. The van der Waals surface area contributed by atoms with Crippen LogP contribution in [0.15, 0.2) is 30.3 Å². The van der Waals surface area contributed by atoms with Crippen LogP contribution in [-0.4, -0.2) is 74.1 Å². The maximum atomic E-state index is 13.7. The zero-order valence-electron chi connectivity index (χ0n) is 24.3. The Balaban J connectivity index is 1.33. The van der Waals surface area contributed by atoms with E-state index in [9.17, 15) is 9.59 Å². The first-order valence-corrected chi connectivity index (χ1v) is 14.9. The predicted octanol–water partition coefficient (Wildman–Crippen LogP) is 3.36. The number of hydrogen-bond acceptors (Lipinski definition) is 7. The van der Waals surface area contributed by atoms with E-state index in [1.165, 1.54) is 0 Å². The lowest BCUT2D eigenvalue weighted by atomic mass is 9.97. The van der Waals surface area contributed by atoms with Crippen LogP contribution in [0.25, 0.3) is 28.1 Å². The van der Waals surface area contributed by atoms with Gasteiger partial charge in [-0.25, -0.2) is 9.97 Å². The molecule has 0 saturated carbocycles. The van der Waals surface area contributed by atoms with Crippen LogP contribution in [0.5, 0.6) is 5.88 Å². The van der Waals surface area contributed by atoms with Gasteiger partial charge in [-0.15, -0.1) is 0 Å². The number of aromatic nitrogens is 4. The number of amides is 2. The van der Waals surface area contributed by atoms with Crippen molar-refractivity contribution in [2.75, 3.05) is 20.3 Å². The van der Waals surface area contributed by atoms with Gasteiger partial charge in [0.1, 0.15) is 23.6 Å². The van der Waals surface area contributed by atoms with Gasteiger partial charge >= 0.3 is 0 Å². The third kappa shape index (κ3) is 4.33. The molecule has 4 aromatic heterocycles. The molecule has 7 rings (SSSR count). The Morgan fingerprint density at radius 3 is 2.79 bits per heavy atom. The van der Waals surface area contributed by atoms with Crippen molar-refractivity contribution in [1.29, 1.82) is 0 Å². The SMILES string of the molecule is COc1cc(C(=O)N2[C@H]3CC[C@@H]2[C@H](N)C3)cc2nc(-c3cc4ccc5nc4n3CCCCOCC(=O)N[C@@H]5C)c(C)n12. The monoisotopic (exact) mass is 571 g/mol. The molecule has 0 unspecified atom stereocenters. The molecule has 0 aliphatic carbocycles. The fourth-order valence-corrected chi connectivity index (χ4v) is 7.10. The van der Waals surface area contributed by atoms with E-state index in [1.54, 1.807) is 7.11 Å². The maximum Gasteiger partial charge on any atom is 0.254 e. The summed E-state index contributed by atoms with van der Waals surface area (Å²) in [5.74, 6) is 0.406. The Morgan fingerprint density at radius 2 is 2.02 bits per heavy atom. The number of hydrogen-bond donors (Lipinski definition) is 2. The van der Waals surface area contributed by atoms with E-state index in [0.29, 0.717) is 23.7 Å². The Kier molecular flexibility index (Phi) is 6.66. The first kappa shape index (κ1) is 26.9. The molecule has 0 radical (unpaired) electrons. The molecule has 220 valence electrons. The van der Waals surface area contributed by atoms with Gasteiger partial charge in [0, 0.05) is 48.3 Å². The highest BCUT2D eigenvalue weighted by Crippen LogP contribution is 2.39. The molecule has 2 amide bonds. The molecular formula is C31H37N7O4. The van der Waals surface area contributed by atoms with Crippen molar-refractivity contribution >= 4 is 28.5 Å². The number of fused-ring (bicyclic) bond motifs is 4. The average Bonchev–Trinajstić information content (AvgIpc) is 3.73. The van der Waals surface area contributed by atoms with E-state index in [2.05, 4.69) is 16.0 Å². The molecule has 4 aromatic rings. The number of carbonyl (C=O) groups is 2. The lowest BCUT2D eigenvalue weighted by Gasteiger charge is -2.23. The number of nitrogens with one attached hydrogen (secondary N) is 1. The van der Waals surface area contributed by atoms with Crippen LogP contribution < -0.4 is 15.8 Å². The van der Waals surface area contributed by atoms with Crippen LogP contribution in [0.4, 0.5) is 0 Å². The minimum atomic E-state index is -0.254. The number of rotatable bonds is 3. The highest BCUT2D eigenvalue weighted by molar-refractivity contribution is 5.96. The second-order valence-corrected chi connectivity index (χ2v) is 11.8. The van der Waals surface area contributed by atoms with Gasteiger partial charge in [0.2, 0.25) is 5.91 Å². The lowest BCUT2D eigenvalue weighted by Crippen LogP contribution is -2.40. The highest BCUT2D eigenvalue weighted by atomic mass is 16.5. The molecule has 4 bridgehead atoms. The van der Waals surface area contributed by atoms with Gasteiger partial charge in [-0.05, 0) is 70.2 Å². The summed E-state index contributed by atoms with van der Waals surface area (Å²) in [4.78, 5) is 38.1. The Labute approximate surface area is 244 Å². The van der Waals surface area contributed by atoms with Crippen LogP contribution >= 0.6 is 0 Å². The van der Waals surface area contributed by atoms with Crippen LogP contribution in [0, 0.1) is 6.92 Å². The quantitative estimate of drug-likeness (QED) is 0.386. The molecular weight excluding hydrogens is 534 g/mol. The van der Waals surface area contributed by atoms with Crippen LogP contribution in [0.3, 0.4) is 0 Å². The van der Waals surface area contributed by atoms with Crippen LogP contribution in [0.1, 0.15) is 66.8 Å². The molecule has 7 heterocycles. The second-order valence-electron chi connectivity index (χ2n) is 11.8. The van der Waals surface area contributed by atoms with E-state index in [-0.39, 0.29) is 42.6 Å². The van der Waals surface area contributed by atoms with Gasteiger partial charge in [0.05, 0.1) is 30.2 Å². The van der Waals surface area contributed by atoms with Crippen LogP contribution in [-0.2, 0) is 16.1 Å². The Bertz CT molecular complexity index is 1710. The van der Waals surface area contributed by atoms with Gasteiger partial charge in [-0.2, -0.15) is 0 Å². The van der Waals surface area contributed by atoms with E-state index < -0.39 is 0 Å². The maximum absolute atomic E-state index is 13.7. The summed E-state index contributed by atoms with van der Waals surface area (Å²) in [5, 5.41) is 3.98. The summed E-state index contributed by atoms with van der Waals surface area (Å²) in [6.45, 7) is 5.23. The van der Waals surface area contributed by atoms with Crippen molar-refractivity contribution in [1.82, 2.24) is 29.2 Å². The zero-order chi connectivity index (χ0) is 29.1. The molecule has 0 aromatic carbocycles. The van der Waals surface area contributed by atoms with Gasteiger partial charge in [-0.1, -0.05) is 0 Å². The number of methoxy groups -OCH3 is 1. The molecule has 4 atom stereocenters. The van der Waals surface area contributed by atoms with Gasteiger partial charge in [0.15, 0.2) is 5.88 Å². The Hall–Kier alpha value is -3.96. The fraction of sp³-hybridized carbons (Fsp3) is 0.484. The molecule has 3 N–H and O–H groups in total. The summed E-state index contributed by atoms with van der Waals surface area (Å²) in [6, 6.07) is 9.90. The first-order valence-electron chi connectivity index (χ1n) is 14.9. The topological polar surface area (TPSA) is 129 Å². The summed E-state index contributed by atoms with van der Waals surface area (Å²) < 4.78 is 15.6. The number of aryl methyl sites for hydroxylation is 2. The first-order chi connectivity index (χ1) is 20.3. The van der Waals surface area contributed by atoms with Crippen molar-refractivity contribution in [3.8, 4) is 17.3 Å². The molecule has 0 spiro atoms. The zero-order valence-corrected chi connectivity index (χ0v) is 24.3. The lowest BCUT2D eigenvalue weighted by molar-refractivity contribution is -0.126. The van der Waals surface area contributed by atoms with Gasteiger partial charge in [0.25, 0.3) is 5.91 Å². The minimum Gasteiger partial charge on any atom is -0.482 e. The molecule has 3 aliphatic heterocycles. The predicted molar refractivity (Wildman–Crippen MR) is 157 cm³/mol. The number of imidazole rings is 1. The van der Waals surface area contributed by atoms with E-state index in [1.807, 2.05) is 47.4 Å². The van der Waals surface area contributed by atoms with Crippen molar-refractivity contribution in [3.05, 3.63) is 47.3 Å². The van der Waals surface area contributed by atoms with Crippen LogP contribution in [0.2, 0.25) is 0 Å². The standard InChI is InChI=1S/C31H37N7O4/c1-17-23-8-6-19-12-25(36(30(19)34-23)10-4-5-11-42-16-27(39)33-17)29-18(2)37-26(35-29)13-20(14-28(37)41-3)31(40)38-21-7-9-24(38)22(32)15-21/h6,8,12-14,17,21-22,24H,4-5,7,9-11,15-16,32H2,1-3H3,(H,33,39)/t17-,21+,22-,24-/m1/s1. The molecule has 11 heteroatoms. The highest BCUT2D eigenvalue weighted by Gasteiger charge is 2.47. The fourth-order valence-electron chi connectivity index (χ4n) is 7.10. The molecule has 2 saturated heterocycles. The second kappa shape index (κ2) is 10.4. The van der Waals surface area contributed by atoms with E-state index >= 15 is 0 Å². The number of nitrogens with zero attached hydrogens (tertiary/aromatic N) is 5. The van der Waals surface area contributed by atoms with Crippen molar-refractivity contribution in [3.63, 3.8) is 0 Å². The van der Waals surface area contributed by atoms with Gasteiger partial charge < -0.3 is 30.0 Å². The van der Waals surface area contributed by atoms with Crippen molar-refractivity contribution in [2.45, 2.75) is 76.7 Å². The van der Waals surface area contributed by atoms with Crippen molar-refractivity contribution in [2.24, 2.45) is 5.73 Å². The van der Waals surface area contributed by atoms with Gasteiger partial charge in [-0.3, -0.25) is 14.0 Å². The normalized spacial score (nSPS) is 24.6. The smallest absolute Gasteiger partial charge is 0.254 e.